The van der Waals surface area contributed by atoms with Gasteiger partial charge in [0.25, 0.3) is 0 Å². The Balaban J connectivity index is 2.38. The van der Waals surface area contributed by atoms with Gasteiger partial charge >= 0.3 is 0 Å². The minimum Gasteiger partial charge on any atom is -0.491 e. The van der Waals surface area contributed by atoms with Gasteiger partial charge in [0, 0.05) is 12.1 Å². The first-order chi connectivity index (χ1) is 9.65. The van der Waals surface area contributed by atoms with Crippen LogP contribution < -0.4 is 10.1 Å². The molecule has 1 rings (SSSR count). The molecule has 0 amide bonds. The molecule has 0 aliphatic heterocycles. The van der Waals surface area contributed by atoms with E-state index in [1.807, 2.05) is 38.1 Å². The van der Waals surface area contributed by atoms with Gasteiger partial charge in [-0.2, -0.15) is 0 Å². The van der Waals surface area contributed by atoms with Crippen molar-refractivity contribution in [2.45, 2.75) is 58.3 Å². The lowest BCUT2D eigenvalue weighted by Gasteiger charge is -2.38. The summed E-state index contributed by atoms with van der Waals surface area (Å²) in [6, 6.07) is 7.88. The quantitative estimate of drug-likeness (QED) is 0.687. The SMILES string of the molecule is CCc1ccc(OCC(O)CNC(C)(C)C(C)(C)O)cc1. The first-order valence-corrected chi connectivity index (χ1v) is 7.53. The molecule has 0 aliphatic rings. The van der Waals surface area contributed by atoms with Gasteiger partial charge in [0.1, 0.15) is 18.5 Å². The van der Waals surface area contributed by atoms with Crippen molar-refractivity contribution in [3.8, 4) is 5.75 Å². The normalized spacial score (nSPS) is 14.0. The third kappa shape index (κ3) is 5.65. The molecule has 0 aliphatic carbocycles. The predicted molar refractivity (Wildman–Crippen MR) is 85.7 cm³/mol. The Morgan fingerprint density at radius 3 is 2.19 bits per heavy atom. The number of ether oxygens (including phenoxy) is 1. The van der Waals surface area contributed by atoms with E-state index in [1.165, 1.54) is 5.56 Å². The van der Waals surface area contributed by atoms with Crippen LogP contribution in [0.2, 0.25) is 0 Å². The number of hydrogen-bond acceptors (Lipinski definition) is 4. The lowest BCUT2D eigenvalue weighted by atomic mass is 9.86. The highest BCUT2D eigenvalue weighted by Gasteiger charge is 2.34. The molecular formula is C17H29NO3. The molecule has 21 heavy (non-hydrogen) atoms. The molecule has 120 valence electrons. The van der Waals surface area contributed by atoms with E-state index in [1.54, 1.807) is 13.8 Å². The number of benzene rings is 1. The molecule has 1 aromatic carbocycles. The number of rotatable bonds is 8. The maximum absolute atomic E-state index is 10.0. The second-order valence-corrected chi connectivity index (χ2v) is 6.53. The Labute approximate surface area is 128 Å². The average molecular weight is 295 g/mol. The summed E-state index contributed by atoms with van der Waals surface area (Å²) in [5, 5.41) is 23.2. The summed E-state index contributed by atoms with van der Waals surface area (Å²) in [7, 11) is 0. The number of nitrogens with one attached hydrogen (secondary N) is 1. The molecule has 4 nitrogen and oxygen atoms in total. The number of hydrogen-bond donors (Lipinski definition) is 3. The molecule has 0 saturated heterocycles. The van der Waals surface area contributed by atoms with E-state index in [2.05, 4.69) is 12.2 Å². The fourth-order valence-electron chi connectivity index (χ4n) is 1.66. The van der Waals surface area contributed by atoms with Crippen LogP contribution in [0.5, 0.6) is 5.75 Å². The standard InChI is InChI=1S/C17H29NO3/c1-6-13-7-9-15(10-8-13)21-12-14(19)11-18-16(2,3)17(4,5)20/h7-10,14,18-20H,6,11-12H2,1-5H3. The molecule has 0 heterocycles. The van der Waals surface area contributed by atoms with E-state index < -0.39 is 17.2 Å². The summed E-state index contributed by atoms with van der Waals surface area (Å²) in [6.07, 6.45) is 0.372. The van der Waals surface area contributed by atoms with E-state index in [9.17, 15) is 10.2 Å². The fraction of sp³-hybridized carbons (Fsp3) is 0.647. The first-order valence-electron chi connectivity index (χ1n) is 7.53. The second kappa shape index (κ2) is 7.25. The van der Waals surface area contributed by atoms with Gasteiger partial charge in [-0.25, -0.2) is 0 Å². The van der Waals surface area contributed by atoms with Crippen molar-refractivity contribution in [1.29, 1.82) is 0 Å². The minimum absolute atomic E-state index is 0.223. The molecule has 1 atom stereocenters. The van der Waals surface area contributed by atoms with Gasteiger partial charge in [-0.3, -0.25) is 0 Å². The van der Waals surface area contributed by atoms with Gasteiger partial charge in [0.15, 0.2) is 0 Å². The van der Waals surface area contributed by atoms with Crippen molar-refractivity contribution in [1.82, 2.24) is 5.32 Å². The summed E-state index contributed by atoms with van der Waals surface area (Å²) < 4.78 is 5.57. The molecule has 3 N–H and O–H groups in total. The zero-order valence-corrected chi connectivity index (χ0v) is 13.8. The lowest BCUT2D eigenvalue weighted by Crippen LogP contribution is -2.57. The van der Waals surface area contributed by atoms with Crippen LogP contribution in [0.4, 0.5) is 0 Å². The zero-order valence-electron chi connectivity index (χ0n) is 13.8. The van der Waals surface area contributed by atoms with Crippen LogP contribution in [-0.4, -0.2) is 40.6 Å². The highest BCUT2D eigenvalue weighted by Crippen LogP contribution is 2.20. The molecule has 0 radical (unpaired) electrons. The molecule has 0 aromatic heterocycles. The smallest absolute Gasteiger partial charge is 0.119 e. The van der Waals surface area contributed by atoms with Gasteiger partial charge in [0.05, 0.1) is 5.60 Å². The summed E-state index contributed by atoms with van der Waals surface area (Å²) in [6.45, 7) is 10.0. The van der Waals surface area contributed by atoms with Gasteiger partial charge in [-0.1, -0.05) is 19.1 Å². The molecule has 0 saturated carbocycles. The van der Waals surface area contributed by atoms with E-state index in [0.717, 1.165) is 12.2 Å². The second-order valence-electron chi connectivity index (χ2n) is 6.53. The highest BCUT2D eigenvalue weighted by molar-refractivity contribution is 5.27. The van der Waals surface area contributed by atoms with Crippen molar-refractivity contribution in [2.24, 2.45) is 0 Å². The van der Waals surface area contributed by atoms with Gasteiger partial charge in [-0.15, -0.1) is 0 Å². The topological polar surface area (TPSA) is 61.7 Å². The summed E-state index contributed by atoms with van der Waals surface area (Å²) >= 11 is 0. The third-order valence-corrected chi connectivity index (χ3v) is 4.08. The molecule has 0 bridgehead atoms. The maximum atomic E-state index is 10.0. The van der Waals surface area contributed by atoms with E-state index in [0.29, 0.717) is 6.54 Å². The van der Waals surface area contributed by atoms with Crippen LogP contribution in [0.1, 0.15) is 40.2 Å². The monoisotopic (exact) mass is 295 g/mol. The zero-order chi connectivity index (χ0) is 16.1. The first kappa shape index (κ1) is 18.0. The van der Waals surface area contributed by atoms with E-state index in [-0.39, 0.29) is 6.61 Å². The van der Waals surface area contributed by atoms with Crippen LogP contribution in [0, 0.1) is 0 Å². The third-order valence-electron chi connectivity index (χ3n) is 4.08. The fourth-order valence-corrected chi connectivity index (χ4v) is 1.66. The predicted octanol–water partition coefficient (Wildman–Crippen LogP) is 2.13. The van der Waals surface area contributed by atoms with Gasteiger partial charge < -0.3 is 20.3 Å². The Kier molecular flexibility index (Phi) is 6.20. The highest BCUT2D eigenvalue weighted by atomic mass is 16.5. The molecule has 4 heteroatoms. The van der Waals surface area contributed by atoms with Crippen molar-refractivity contribution in [3.63, 3.8) is 0 Å². The van der Waals surface area contributed by atoms with E-state index >= 15 is 0 Å². The average Bonchev–Trinajstić information content (AvgIpc) is 2.42. The van der Waals surface area contributed by atoms with Crippen molar-refractivity contribution >= 4 is 0 Å². The van der Waals surface area contributed by atoms with Crippen LogP contribution in [0.15, 0.2) is 24.3 Å². The van der Waals surface area contributed by atoms with Crippen LogP contribution >= 0.6 is 0 Å². The van der Waals surface area contributed by atoms with Gasteiger partial charge in [0.2, 0.25) is 0 Å². The Hall–Kier alpha value is -1.10. The number of aliphatic hydroxyl groups excluding tert-OH is 1. The van der Waals surface area contributed by atoms with Crippen molar-refractivity contribution < 1.29 is 14.9 Å². The van der Waals surface area contributed by atoms with Crippen LogP contribution in [-0.2, 0) is 6.42 Å². The maximum Gasteiger partial charge on any atom is 0.119 e. The van der Waals surface area contributed by atoms with Gasteiger partial charge in [-0.05, 0) is 51.8 Å². The Morgan fingerprint density at radius 1 is 1.14 bits per heavy atom. The Bertz CT molecular complexity index is 421. The molecule has 0 spiro atoms. The van der Waals surface area contributed by atoms with Crippen LogP contribution in [0.3, 0.4) is 0 Å². The summed E-state index contributed by atoms with van der Waals surface area (Å²) in [4.78, 5) is 0. The summed E-state index contributed by atoms with van der Waals surface area (Å²) in [5.41, 5.74) is -0.100. The minimum atomic E-state index is -0.871. The van der Waals surface area contributed by atoms with Crippen molar-refractivity contribution in [3.05, 3.63) is 29.8 Å². The lowest BCUT2D eigenvalue weighted by molar-refractivity contribution is -0.0120. The molecular weight excluding hydrogens is 266 g/mol. The summed E-state index contributed by atoms with van der Waals surface area (Å²) in [5.74, 6) is 0.757. The van der Waals surface area contributed by atoms with Crippen LogP contribution in [0.25, 0.3) is 0 Å². The van der Waals surface area contributed by atoms with E-state index in [4.69, 9.17) is 4.74 Å². The Morgan fingerprint density at radius 2 is 1.71 bits per heavy atom. The number of aryl methyl sites for hydroxylation is 1. The number of aliphatic hydroxyl groups is 2. The van der Waals surface area contributed by atoms with Crippen molar-refractivity contribution in [2.75, 3.05) is 13.2 Å². The largest absolute Gasteiger partial charge is 0.491 e. The number of β-amino-alcohol motifs (C(OH)–C–C–N with tert-alkyl or cyclic N) is 1. The molecule has 0 fully saturated rings. The molecule has 1 unspecified atom stereocenters. The molecule has 1 aromatic rings.